The molecule has 1 heterocycles. The summed E-state index contributed by atoms with van der Waals surface area (Å²) in [5.41, 5.74) is 0. The van der Waals surface area contributed by atoms with Crippen molar-refractivity contribution < 1.29 is 8.78 Å². The zero-order valence-electron chi connectivity index (χ0n) is 6.65. The zero-order chi connectivity index (χ0) is 7.61. The zero-order valence-corrected chi connectivity index (χ0v) is 7.46. The molecule has 68 valence electrons. The van der Waals surface area contributed by atoms with Gasteiger partial charge in [0.2, 0.25) is 0 Å². The fourth-order valence-electron chi connectivity index (χ4n) is 1.29. The summed E-state index contributed by atoms with van der Waals surface area (Å²) in [6.45, 7) is 2.09. The maximum atomic E-state index is 12.5. The molecule has 1 rings (SSSR count). The molecule has 0 aromatic rings. The van der Waals surface area contributed by atoms with E-state index in [2.05, 4.69) is 0 Å². The Morgan fingerprint density at radius 1 is 1.09 bits per heavy atom. The van der Waals surface area contributed by atoms with Gasteiger partial charge in [0.15, 0.2) is 0 Å². The van der Waals surface area contributed by atoms with E-state index in [4.69, 9.17) is 0 Å². The van der Waals surface area contributed by atoms with E-state index in [1.165, 1.54) is 4.90 Å². The van der Waals surface area contributed by atoms with E-state index in [-0.39, 0.29) is 12.4 Å². The SMILES string of the molecule is CC(F)(F)N1CCCCC1.Cl. The third kappa shape index (κ3) is 3.34. The van der Waals surface area contributed by atoms with Gasteiger partial charge in [0.1, 0.15) is 0 Å². The fourth-order valence-corrected chi connectivity index (χ4v) is 1.29. The molecule has 0 N–H and O–H groups in total. The molecule has 1 aliphatic heterocycles. The van der Waals surface area contributed by atoms with Crippen LogP contribution in [0, 0.1) is 0 Å². The third-order valence-corrected chi connectivity index (χ3v) is 1.91. The Labute approximate surface area is 72.2 Å². The van der Waals surface area contributed by atoms with E-state index >= 15 is 0 Å². The minimum atomic E-state index is -2.60. The van der Waals surface area contributed by atoms with Crippen molar-refractivity contribution in [2.75, 3.05) is 13.1 Å². The van der Waals surface area contributed by atoms with Crippen LogP contribution in [0.25, 0.3) is 0 Å². The lowest BCUT2D eigenvalue weighted by Crippen LogP contribution is -2.42. The molecule has 0 bridgehead atoms. The van der Waals surface area contributed by atoms with Crippen molar-refractivity contribution in [1.82, 2.24) is 4.90 Å². The van der Waals surface area contributed by atoms with Gasteiger partial charge in [-0.3, -0.25) is 0 Å². The van der Waals surface area contributed by atoms with Gasteiger partial charge in [-0.2, -0.15) is 8.78 Å². The number of likely N-dealkylation sites (tertiary alicyclic amines) is 1. The van der Waals surface area contributed by atoms with Gasteiger partial charge in [0, 0.05) is 20.0 Å². The molecule has 1 nitrogen and oxygen atoms in total. The highest BCUT2D eigenvalue weighted by Gasteiger charge is 2.31. The summed E-state index contributed by atoms with van der Waals surface area (Å²) in [5.74, 6) is 0. The second-order valence-electron chi connectivity index (χ2n) is 2.89. The Morgan fingerprint density at radius 2 is 1.55 bits per heavy atom. The van der Waals surface area contributed by atoms with Crippen LogP contribution in [-0.4, -0.2) is 24.0 Å². The topological polar surface area (TPSA) is 3.24 Å². The van der Waals surface area contributed by atoms with Crippen molar-refractivity contribution >= 4 is 12.4 Å². The number of hydrogen-bond donors (Lipinski definition) is 0. The lowest BCUT2D eigenvalue weighted by Gasteiger charge is -2.31. The molecule has 0 aromatic carbocycles. The van der Waals surface area contributed by atoms with E-state index in [1.54, 1.807) is 0 Å². The molecule has 11 heavy (non-hydrogen) atoms. The van der Waals surface area contributed by atoms with E-state index in [9.17, 15) is 8.78 Å². The highest BCUT2D eigenvalue weighted by atomic mass is 35.5. The van der Waals surface area contributed by atoms with Gasteiger partial charge >= 0.3 is 6.05 Å². The number of halogens is 3. The number of hydrogen-bond acceptors (Lipinski definition) is 1. The lowest BCUT2D eigenvalue weighted by molar-refractivity contribution is -0.136. The van der Waals surface area contributed by atoms with Crippen LogP contribution in [0.4, 0.5) is 8.78 Å². The first-order chi connectivity index (χ1) is 4.61. The standard InChI is InChI=1S/C7H13F2N.ClH/c1-7(8,9)10-5-3-2-4-6-10;/h2-6H2,1H3;1H. The van der Waals surface area contributed by atoms with Gasteiger partial charge in [0.05, 0.1) is 0 Å². The second kappa shape index (κ2) is 4.21. The Bertz CT molecular complexity index is 107. The Kier molecular flexibility index (Phi) is 4.26. The molecule has 4 heteroatoms. The summed E-state index contributed by atoms with van der Waals surface area (Å²) < 4.78 is 25.1. The minimum absolute atomic E-state index is 0. The maximum absolute atomic E-state index is 12.5. The van der Waals surface area contributed by atoms with E-state index < -0.39 is 6.05 Å². The quantitative estimate of drug-likeness (QED) is 0.568. The molecule has 1 aliphatic rings. The van der Waals surface area contributed by atoms with E-state index in [0.29, 0.717) is 13.1 Å². The van der Waals surface area contributed by atoms with Gasteiger partial charge in [-0.1, -0.05) is 6.42 Å². The van der Waals surface area contributed by atoms with E-state index in [1.807, 2.05) is 0 Å². The van der Waals surface area contributed by atoms with Crippen molar-refractivity contribution in [3.8, 4) is 0 Å². The van der Waals surface area contributed by atoms with Crippen molar-refractivity contribution in [1.29, 1.82) is 0 Å². The van der Waals surface area contributed by atoms with Crippen molar-refractivity contribution in [3.63, 3.8) is 0 Å². The summed E-state index contributed by atoms with van der Waals surface area (Å²) in [6.07, 6.45) is 2.94. The first kappa shape index (κ1) is 11.1. The molecular formula is C7H14ClF2N. The number of nitrogens with zero attached hydrogens (tertiary/aromatic N) is 1. The monoisotopic (exact) mass is 185 g/mol. The molecule has 0 atom stereocenters. The molecule has 0 saturated carbocycles. The predicted octanol–water partition coefficient (Wildman–Crippen LogP) is 2.51. The molecule has 0 unspecified atom stereocenters. The molecule has 0 amide bonds. The molecular weight excluding hydrogens is 172 g/mol. The van der Waals surface area contributed by atoms with Gasteiger partial charge in [-0.05, 0) is 12.8 Å². The van der Waals surface area contributed by atoms with Crippen LogP contribution >= 0.6 is 12.4 Å². The largest absolute Gasteiger partial charge is 0.302 e. The Morgan fingerprint density at radius 3 is 1.82 bits per heavy atom. The van der Waals surface area contributed by atoms with Crippen molar-refractivity contribution in [2.45, 2.75) is 32.2 Å². The number of alkyl halides is 2. The van der Waals surface area contributed by atoms with Gasteiger partial charge < -0.3 is 0 Å². The van der Waals surface area contributed by atoms with E-state index in [0.717, 1.165) is 26.2 Å². The number of piperidine rings is 1. The highest BCUT2D eigenvalue weighted by molar-refractivity contribution is 5.85. The van der Waals surface area contributed by atoms with Crippen LogP contribution in [0.15, 0.2) is 0 Å². The summed E-state index contributed by atoms with van der Waals surface area (Å²) >= 11 is 0. The Hall–Kier alpha value is 0.110. The molecule has 1 saturated heterocycles. The fraction of sp³-hybridized carbons (Fsp3) is 1.00. The van der Waals surface area contributed by atoms with Crippen LogP contribution in [0.1, 0.15) is 26.2 Å². The minimum Gasteiger partial charge on any atom is -0.245 e. The summed E-state index contributed by atoms with van der Waals surface area (Å²) in [4.78, 5) is 1.25. The van der Waals surface area contributed by atoms with Crippen molar-refractivity contribution in [2.24, 2.45) is 0 Å². The van der Waals surface area contributed by atoms with Crippen LogP contribution in [0.5, 0.6) is 0 Å². The van der Waals surface area contributed by atoms with Crippen LogP contribution < -0.4 is 0 Å². The predicted molar refractivity (Wildman–Crippen MR) is 43.3 cm³/mol. The summed E-state index contributed by atoms with van der Waals surface area (Å²) in [5, 5.41) is 0. The van der Waals surface area contributed by atoms with Crippen LogP contribution in [-0.2, 0) is 0 Å². The van der Waals surface area contributed by atoms with Crippen LogP contribution in [0.3, 0.4) is 0 Å². The average Bonchev–Trinajstić information content (AvgIpc) is 1.88. The third-order valence-electron chi connectivity index (χ3n) is 1.91. The second-order valence-corrected chi connectivity index (χ2v) is 2.89. The van der Waals surface area contributed by atoms with Crippen LogP contribution in [0.2, 0.25) is 0 Å². The molecule has 0 spiro atoms. The average molecular weight is 186 g/mol. The first-order valence-corrected chi connectivity index (χ1v) is 3.73. The molecule has 0 radical (unpaired) electrons. The summed E-state index contributed by atoms with van der Waals surface area (Å²) in [7, 11) is 0. The van der Waals surface area contributed by atoms with Gasteiger partial charge in [-0.15, -0.1) is 12.4 Å². The maximum Gasteiger partial charge on any atom is 0.302 e. The van der Waals surface area contributed by atoms with Gasteiger partial charge in [-0.25, -0.2) is 4.90 Å². The lowest BCUT2D eigenvalue weighted by atomic mass is 10.1. The number of rotatable bonds is 1. The molecule has 1 fully saturated rings. The smallest absolute Gasteiger partial charge is 0.245 e. The first-order valence-electron chi connectivity index (χ1n) is 3.73. The molecule has 0 aliphatic carbocycles. The van der Waals surface area contributed by atoms with Crippen molar-refractivity contribution in [3.05, 3.63) is 0 Å². The summed E-state index contributed by atoms with van der Waals surface area (Å²) in [6, 6.07) is -2.60. The highest BCUT2D eigenvalue weighted by Crippen LogP contribution is 2.22. The Balaban J connectivity index is 0.000001000. The van der Waals surface area contributed by atoms with Gasteiger partial charge in [0.25, 0.3) is 0 Å². The molecule has 0 aromatic heterocycles. The normalized spacial score (nSPS) is 21.0.